The van der Waals surface area contributed by atoms with Gasteiger partial charge in [-0.05, 0) is 67.3 Å². The summed E-state index contributed by atoms with van der Waals surface area (Å²) in [7, 11) is 0. The molecule has 2 aromatic rings. The molecule has 3 nitrogen and oxygen atoms in total. The Hall–Kier alpha value is -2.42. The molecule has 2 aromatic carbocycles. The average Bonchev–Trinajstić information content (AvgIpc) is 3.18. The molecule has 0 radical (unpaired) electrons. The molecular formula is C22H22O3. The Morgan fingerprint density at radius 3 is 2.52 bits per heavy atom. The maximum Gasteiger partial charge on any atom is 0.320 e. The maximum absolute atomic E-state index is 13.3. The van der Waals surface area contributed by atoms with Crippen molar-refractivity contribution in [3.63, 3.8) is 0 Å². The zero-order valence-corrected chi connectivity index (χ0v) is 14.5. The summed E-state index contributed by atoms with van der Waals surface area (Å²) in [5.74, 6) is -0.459. The number of aryl methyl sites for hydroxylation is 2. The summed E-state index contributed by atoms with van der Waals surface area (Å²) in [5.41, 5.74) is 4.22. The van der Waals surface area contributed by atoms with Gasteiger partial charge in [0.1, 0.15) is 5.41 Å². The molecule has 0 fully saturated rings. The predicted octanol–water partition coefficient (Wildman–Crippen LogP) is 3.71. The Kier molecular flexibility index (Phi) is 3.95. The Morgan fingerprint density at radius 1 is 1.08 bits per heavy atom. The molecule has 0 saturated heterocycles. The summed E-state index contributed by atoms with van der Waals surface area (Å²) in [5, 5.41) is 0. The zero-order valence-electron chi connectivity index (χ0n) is 14.5. The fourth-order valence-corrected chi connectivity index (χ4v) is 4.29. The highest BCUT2D eigenvalue weighted by atomic mass is 16.5. The third-order valence-corrected chi connectivity index (χ3v) is 5.50. The molecule has 2 aliphatic rings. The normalized spacial score (nSPS) is 21.1. The van der Waals surface area contributed by atoms with E-state index in [0.717, 1.165) is 36.0 Å². The van der Waals surface area contributed by atoms with E-state index in [1.807, 2.05) is 36.4 Å². The Labute approximate surface area is 148 Å². The lowest BCUT2D eigenvalue weighted by Crippen LogP contribution is -2.40. The Morgan fingerprint density at radius 2 is 1.80 bits per heavy atom. The monoisotopic (exact) mass is 334 g/mol. The predicted molar refractivity (Wildman–Crippen MR) is 95.7 cm³/mol. The van der Waals surface area contributed by atoms with Gasteiger partial charge in [-0.1, -0.05) is 36.4 Å². The van der Waals surface area contributed by atoms with Crippen molar-refractivity contribution in [1.82, 2.24) is 0 Å². The van der Waals surface area contributed by atoms with E-state index in [4.69, 9.17) is 4.74 Å². The van der Waals surface area contributed by atoms with Crippen LogP contribution in [-0.4, -0.2) is 18.4 Å². The van der Waals surface area contributed by atoms with Crippen molar-refractivity contribution in [2.75, 3.05) is 6.61 Å². The van der Waals surface area contributed by atoms with Crippen LogP contribution in [0, 0.1) is 5.41 Å². The van der Waals surface area contributed by atoms with Crippen molar-refractivity contribution in [2.45, 2.75) is 39.0 Å². The number of hydrogen-bond donors (Lipinski definition) is 0. The lowest BCUT2D eigenvalue weighted by Gasteiger charge is -2.25. The molecule has 0 aliphatic heterocycles. The molecule has 1 atom stereocenters. The molecule has 0 saturated carbocycles. The van der Waals surface area contributed by atoms with Gasteiger partial charge in [-0.2, -0.15) is 0 Å². The molecular weight excluding hydrogens is 312 g/mol. The lowest BCUT2D eigenvalue weighted by atomic mass is 9.78. The number of carbonyl (C=O) groups excluding carboxylic acids is 2. The fraction of sp³-hybridized carbons (Fsp3) is 0.364. The summed E-state index contributed by atoms with van der Waals surface area (Å²) in [6, 6.07) is 13.9. The minimum atomic E-state index is -1.12. The molecule has 0 amide bonds. The number of carbonyl (C=O) groups is 2. The summed E-state index contributed by atoms with van der Waals surface area (Å²) < 4.78 is 5.34. The van der Waals surface area contributed by atoms with E-state index in [2.05, 4.69) is 6.07 Å². The highest BCUT2D eigenvalue weighted by Crippen LogP contribution is 2.43. The lowest BCUT2D eigenvalue weighted by molar-refractivity contribution is -0.152. The number of fused-ring (bicyclic) bond motifs is 2. The van der Waals surface area contributed by atoms with Crippen molar-refractivity contribution in [1.29, 1.82) is 0 Å². The van der Waals surface area contributed by atoms with Crippen LogP contribution in [0.15, 0.2) is 42.5 Å². The number of ketones is 1. The second kappa shape index (κ2) is 6.14. The molecule has 0 aromatic heterocycles. The Bertz CT molecular complexity index is 838. The van der Waals surface area contributed by atoms with E-state index < -0.39 is 5.41 Å². The van der Waals surface area contributed by atoms with E-state index in [-0.39, 0.29) is 18.4 Å². The minimum absolute atomic E-state index is 0.0699. The molecule has 25 heavy (non-hydrogen) atoms. The van der Waals surface area contributed by atoms with Crippen LogP contribution in [0.3, 0.4) is 0 Å². The largest absolute Gasteiger partial charge is 0.465 e. The molecule has 0 heterocycles. The molecule has 0 spiro atoms. The number of esters is 1. The van der Waals surface area contributed by atoms with E-state index in [0.29, 0.717) is 12.8 Å². The third-order valence-electron chi connectivity index (χ3n) is 5.50. The van der Waals surface area contributed by atoms with Crippen LogP contribution in [0.4, 0.5) is 0 Å². The van der Waals surface area contributed by atoms with E-state index in [1.54, 1.807) is 6.92 Å². The first-order valence-corrected chi connectivity index (χ1v) is 9.04. The first-order valence-electron chi connectivity index (χ1n) is 9.04. The van der Waals surface area contributed by atoms with Crippen molar-refractivity contribution in [3.05, 3.63) is 70.3 Å². The SMILES string of the molecule is CCOC(=O)[C@]1(Cc2ccccc2)Cc2cc3c(cc2C1=O)CCC3. The molecule has 2 aliphatic carbocycles. The van der Waals surface area contributed by atoms with Crippen LogP contribution >= 0.6 is 0 Å². The molecule has 0 bridgehead atoms. The molecule has 3 heteroatoms. The standard InChI is InChI=1S/C22H22O3/c1-2-25-21(24)22(13-15-7-4-3-5-8-15)14-18-11-16-9-6-10-17(16)12-19(18)20(22)23/h3-5,7-8,11-12H,2,6,9-10,13-14H2,1H3/t22-/m1/s1. The Balaban J connectivity index is 1.77. The van der Waals surface area contributed by atoms with Gasteiger partial charge in [0.15, 0.2) is 5.78 Å². The van der Waals surface area contributed by atoms with Crippen LogP contribution in [-0.2, 0) is 35.2 Å². The second-order valence-electron chi connectivity index (χ2n) is 7.10. The average molecular weight is 334 g/mol. The van der Waals surface area contributed by atoms with Crippen molar-refractivity contribution in [2.24, 2.45) is 5.41 Å². The van der Waals surface area contributed by atoms with Gasteiger partial charge < -0.3 is 4.74 Å². The van der Waals surface area contributed by atoms with Crippen LogP contribution in [0.1, 0.15) is 46.0 Å². The zero-order chi connectivity index (χ0) is 17.4. The third kappa shape index (κ3) is 2.58. The number of benzene rings is 2. The summed E-state index contributed by atoms with van der Waals surface area (Å²) in [4.78, 5) is 26.2. The van der Waals surface area contributed by atoms with Gasteiger partial charge >= 0.3 is 5.97 Å². The molecule has 0 unspecified atom stereocenters. The van der Waals surface area contributed by atoms with Crippen LogP contribution in [0.25, 0.3) is 0 Å². The number of rotatable bonds is 4. The topological polar surface area (TPSA) is 43.4 Å². The van der Waals surface area contributed by atoms with Gasteiger partial charge in [0.05, 0.1) is 6.61 Å². The maximum atomic E-state index is 13.3. The molecule has 0 N–H and O–H groups in total. The smallest absolute Gasteiger partial charge is 0.320 e. The first-order chi connectivity index (χ1) is 12.1. The van der Waals surface area contributed by atoms with Gasteiger partial charge in [0.2, 0.25) is 0 Å². The van der Waals surface area contributed by atoms with Gasteiger partial charge in [0, 0.05) is 5.56 Å². The van der Waals surface area contributed by atoms with Gasteiger partial charge in [0.25, 0.3) is 0 Å². The van der Waals surface area contributed by atoms with Gasteiger partial charge in [-0.25, -0.2) is 0 Å². The van der Waals surface area contributed by atoms with Crippen molar-refractivity contribution < 1.29 is 14.3 Å². The minimum Gasteiger partial charge on any atom is -0.465 e. The number of hydrogen-bond acceptors (Lipinski definition) is 3. The van der Waals surface area contributed by atoms with Gasteiger partial charge in [-0.3, -0.25) is 9.59 Å². The highest BCUT2D eigenvalue weighted by molar-refractivity contribution is 6.16. The van der Waals surface area contributed by atoms with E-state index in [1.165, 1.54) is 11.1 Å². The van der Waals surface area contributed by atoms with Crippen LogP contribution in [0.5, 0.6) is 0 Å². The quantitative estimate of drug-likeness (QED) is 0.632. The highest BCUT2D eigenvalue weighted by Gasteiger charge is 2.52. The molecule has 4 rings (SSSR count). The number of Topliss-reactive ketones (excluding diaryl/α,β-unsaturated/α-hetero) is 1. The van der Waals surface area contributed by atoms with E-state index in [9.17, 15) is 9.59 Å². The van der Waals surface area contributed by atoms with Crippen LogP contribution in [0.2, 0.25) is 0 Å². The summed E-state index contributed by atoms with van der Waals surface area (Å²) in [6.45, 7) is 2.07. The van der Waals surface area contributed by atoms with Crippen LogP contribution < -0.4 is 0 Å². The first kappa shape index (κ1) is 16.1. The van der Waals surface area contributed by atoms with Crippen molar-refractivity contribution in [3.8, 4) is 0 Å². The summed E-state index contributed by atoms with van der Waals surface area (Å²) in [6.07, 6.45) is 4.09. The molecule has 128 valence electrons. The van der Waals surface area contributed by atoms with Gasteiger partial charge in [-0.15, -0.1) is 0 Å². The van der Waals surface area contributed by atoms with E-state index >= 15 is 0 Å². The number of ether oxygens (including phenoxy) is 1. The second-order valence-corrected chi connectivity index (χ2v) is 7.10. The summed E-state index contributed by atoms with van der Waals surface area (Å²) >= 11 is 0. The fourth-order valence-electron chi connectivity index (χ4n) is 4.29. The van der Waals surface area contributed by atoms with Crippen molar-refractivity contribution >= 4 is 11.8 Å².